The second-order valence-electron chi connectivity index (χ2n) is 13.8. The molecule has 0 aromatic rings. The lowest BCUT2D eigenvalue weighted by Crippen LogP contribution is -2.49. The Balaban J connectivity index is -0.000000375. The summed E-state index contributed by atoms with van der Waals surface area (Å²) in [5, 5.41) is 15.6. The number of methoxy groups -OCH3 is 2. The zero-order chi connectivity index (χ0) is 44.1. The van der Waals surface area contributed by atoms with Gasteiger partial charge in [0, 0.05) is 12.8 Å². The van der Waals surface area contributed by atoms with Crippen LogP contribution in [0.4, 0.5) is 0 Å². The molecule has 2 atom stereocenters. The van der Waals surface area contributed by atoms with Crippen molar-refractivity contribution < 1.29 is 61.8 Å². The minimum atomic E-state index is -2.14. The molecule has 0 amide bonds. The van der Waals surface area contributed by atoms with Crippen molar-refractivity contribution in [1.82, 2.24) is 0 Å². The number of nitrogens with two attached hydrogens (primary N) is 2. The summed E-state index contributed by atoms with van der Waals surface area (Å²) in [7, 11) is -1.69. The Hall–Kier alpha value is -4.78. The minimum absolute atomic E-state index is 0.0110. The van der Waals surface area contributed by atoms with Crippen LogP contribution in [0.1, 0.15) is 55.4 Å². The summed E-state index contributed by atoms with van der Waals surface area (Å²) in [6.07, 6.45) is 10.8. The van der Waals surface area contributed by atoms with Crippen molar-refractivity contribution in [2.75, 3.05) is 40.6 Å². The summed E-state index contributed by atoms with van der Waals surface area (Å²) in [5.74, 6) is 7.07. The van der Waals surface area contributed by atoms with E-state index in [1.165, 1.54) is 27.2 Å². The highest BCUT2D eigenvalue weighted by Gasteiger charge is 2.41. The molecule has 0 aliphatic rings. The van der Waals surface area contributed by atoms with E-state index < -0.39 is 40.8 Å². The quantitative estimate of drug-likeness (QED) is 0.0175. The first-order valence-corrected chi connectivity index (χ1v) is 22.3. The molecule has 55 heavy (non-hydrogen) atoms. The summed E-state index contributed by atoms with van der Waals surface area (Å²) in [6, 6.07) is 0. The number of carbonyl (C=O) groups is 3. The zero-order valence-corrected chi connectivity index (χ0v) is 36.6. The zero-order valence-electron chi connectivity index (χ0n) is 34.6. The Bertz CT molecular complexity index is 1470. The fourth-order valence-corrected chi connectivity index (χ4v) is 5.10. The number of allylic oxidation sites excluding steroid dienone is 1. The van der Waals surface area contributed by atoms with Crippen molar-refractivity contribution in [3.05, 3.63) is 11.8 Å². The van der Waals surface area contributed by atoms with Crippen LogP contribution < -0.4 is 11.5 Å². The molecule has 310 valence electrons. The number of carbonyl (C=O) groups excluding carboxylic acids is 5. The molecular weight excluding hydrogens is 753 g/mol. The van der Waals surface area contributed by atoms with Crippen LogP contribution in [0, 0.1) is 36.5 Å². The molecule has 0 aliphatic carbocycles. The molecule has 17 nitrogen and oxygen atoms in total. The maximum atomic E-state index is 11.5. The first-order chi connectivity index (χ1) is 25.2. The number of esters is 2. The van der Waals surface area contributed by atoms with Crippen LogP contribution in [-0.2, 0) is 56.6 Å². The number of hydrogen-bond donors (Lipinski definition) is 3. The van der Waals surface area contributed by atoms with Crippen molar-refractivity contribution in [3.8, 4) is 36.5 Å². The van der Waals surface area contributed by atoms with E-state index in [4.69, 9.17) is 62.3 Å². The predicted octanol–water partition coefficient (Wildman–Crippen LogP) is 3.33. The van der Waals surface area contributed by atoms with E-state index in [1.807, 2.05) is 11.8 Å². The summed E-state index contributed by atoms with van der Waals surface area (Å²) in [4.78, 5) is 53.1. The normalized spacial score (nSPS) is 12.9. The van der Waals surface area contributed by atoms with Gasteiger partial charge in [0.2, 0.25) is 11.5 Å². The molecule has 0 fully saturated rings. The van der Waals surface area contributed by atoms with Crippen molar-refractivity contribution in [3.63, 3.8) is 0 Å². The number of oxime groups is 2. The molecular formula is C36H60N4O13Si2. The average Bonchev–Trinajstić information content (AvgIpc) is 3.09. The monoisotopic (exact) mass is 812 g/mol. The largest absolute Gasteiger partial charge is 0.463 e. The topological polar surface area (TPSA) is 247 Å². The van der Waals surface area contributed by atoms with E-state index in [0.717, 1.165) is 0 Å². The lowest BCUT2D eigenvalue weighted by atomic mass is 10.2. The number of ether oxygens (including phenoxy) is 4. The Morgan fingerprint density at radius 1 is 0.800 bits per heavy atom. The van der Waals surface area contributed by atoms with Gasteiger partial charge in [-0.05, 0) is 55.2 Å². The maximum absolute atomic E-state index is 11.5. The van der Waals surface area contributed by atoms with Crippen LogP contribution in [0.25, 0.3) is 0 Å². The standard InChI is InChI=1S/C17H30N2O5Si.C12H24N2O3Si.C6H6O3.CO2/c1-9-11-22-12-14(24-25(7,8)17(3,4)5)15(18)19-23-13(10-2)16(20)21-6;1-7-8-16-9-10(11(13)14-15)17-18(5,6)12(2,3)4;1-5(7)3-4-6(8)9-2;2-1-3/h1,10,14H,11-12H2,2-8H3,(H2,18,19);1,10,15H,8-9H2,2-6H3,(H2,13,14);1-2H3;. The van der Waals surface area contributed by atoms with Crippen LogP contribution in [0.3, 0.4) is 0 Å². The summed E-state index contributed by atoms with van der Waals surface area (Å²) in [5.41, 5.74) is 11.6. The van der Waals surface area contributed by atoms with E-state index in [0.29, 0.717) is 0 Å². The predicted molar refractivity (Wildman–Crippen MR) is 211 cm³/mol. The molecule has 0 aromatic carbocycles. The molecule has 5 N–H and O–H groups in total. The van der Waals surface area contributed by atoms with Gasteiger partial charge in [0.1, 0.15) is 25.4 Å². The Morgan fingerprint density at radius 2 is 1.20 bits per heavy atom. The Labute approximate surface area is 328 Å². The molecule has 0 aliphatic heterocycles. The lowest BCUT2D eigenvalue weighted by molar-refractivity contribution is -0.191. The van der Waals surface area contributed by atoms with Crippen LogP contribution in [0.5, 0.6) is 0 Å². The van der Waals surface area contributed by atoms with Gasteiger partial charge < -0.3 is 49.3 Å². The van der Waals surface area contributed by atoms with Crippen LogP contribution >= 0.6 is 0 Å². The third kappa shape index (κ3) is 27.5. The lowest BCUT2D eigenvalue weighted by Gasteiger charge is -2.38. The van der Waals surface area contributed by atoms with Gasteiger partial charge >= 0.3 is 18.1 Å². The molecule has 0 saturated heterocycles. The molecule has 0 aromatic heterocycles. The fraction of sp³-hybridized carbons (Fsp3) is 0.611. The van der Waals surface area contributed by atoms with E-state index >= 15 is 0 Å². The maximum Gasteiger partial charge on any atom is 0.384 e. The SMILES string of the molecule is C#CCOCC(O[Si](C)(C)C(C)(C)C)/C(N)=N/O.C#CCOCC(O[Si](C)(C)C(C)(C)C)/C(N)=N/OC(=CC)C(=O)OC.COC(=O)C#CC(C)=O.O=C=O. The third-order valence-electron chi connectivity index (χ3n) is 7.59. The van der Waals surface area contributed by atoms with Crippen molar-refractivity contribution in [1.29, 1.82) is 0 Å². The van der Waals surface area contributed by atoms with Gasteiger partial charge in [-0.2, -0.15) is 9.59 Å². The Morgan fingerprint density at radius 3 is 1.49 bits per heavy atom. The first-order valence-electron chi connectivity index (χ1n) is 16.4. The molecule has 2 unspecified atom stereocenters. The molecule has 0 spiro atoms. The van der Waals surface area contributed by atoms with Crippen LogP contribution in [0.2, 0.25) is 36.3 Å². The first kappa shape index (κ1) is 57.0. The van der Waals surface area contributed by atoms with Gasteiger partial charge in [-0.1, -0.05) is 63.7 Å². The third-order valence-corrected chi connectivity index (χ3v) is 16.6. The number of rotatable bonds is 15. The summed E-state index contributed by atoms with van der Waals surface area (Å²) in [6.45, 7) is 24.6. The number of nitrogens with zero attached hydrogens (tertiary/aromatic N) is 2. The number of amidine groups is 2. The second kappa shape index (κ2) is 29.6. The van der Waals surface area contributed by atoms with E-state index in [9.17, 15) is 14.4 Å². The van der Waals surface area contributed by atoms with Gasteiger partial charge in [-0.25, -0.2) is 9.59 Å². The van der Waals surface area contributed by atoms with Crippen LogP contribution in [-0.4, -0.2) is 110 Å². The number of hydrogen-bond acceptors (Lipinski definition) is 15. The van der Waals surface area contributed by atoms with Gasteiger partial charge in [-0.15, -0.1) is 12.8 Å². The van der Waals surface area contributed by atoms with Crippen LogP contribution in [0.15, 0.2) is 22.1 Å². The van der Waals surface area contributed by atoms with Gasteiger partial charge in [0.05, 0.1) is 27.4 Å². The summed E-state index contributed by atoms with van der Waals surface area (Å²) < 4.78 is 31.6. The van der Waals surface area contributed by atoms with Gasteiger partial charge in [-0.3, -0.25) is 4.79 Å². The highest BCUT2D eigenvalue weighted by atomic mass is 28.4. The van der Waals surface area contributed by atoms with E-state index in [1.54, 1.807) is 6.92 Å². The Kier molecular flexibility index (Phi) is 30.6. The molecule has 0 heterocycles. The molecule has 0 rings (SSSR count). The smallest absolute Gasteiger partial charge is 0.384 e. The van der Waals surface area contributed by atoms with Crippen molar-refractivity contribution in [2.45, 2.75) is 104 Å². The summed E-state index contributed by atoms with van der Waals surface area (Å²) >= 11 is 0. The molecule has 0 radical (unpaired) electrons. The number of terminal acetylenes is 2. The average molecular weight is 813 g/mol. The fourth-order valence-electron chi connectivity index (χ4n) is 2.60. The number of ketones is 1. The number of Topliss-reactive ketones (excluding diaryl/α,β-unsaturated/α-hetero) is 1. The minimum Gasteiger partial charge on any atom is -0.463 e. The highest BCUT2D eigenvalue weighted by molar-refractivity contribution is 6.74. The van der Waals surface area contributed by atoms with Gasteiger partial charge in [0.25, 0.3) is 0 Å². The van der Waals surface area contributed by atoms with Gasteiger partial charge in [0.15, 0.2) is 28.3 Å². The van der Waals surface area contributed by atoms with Crippen molar-refractivity contribution in [2.24, 2.45) is 21.8 Å². The van der Waals surface area contributed by atoms with Crippen molar-refractivity contribution >= 4 is 52.2 Å². The highest BCUT2D eigenvalue weighted by Crippen LogP contribution is 2.38. The van der Waals surface area contributed by atoms with E-state index in [2.05, 4.69) is 99.4 Å². The molecule has 19 heteroatoms. The molecule has 0 saturated carbocycles. The second-order valence-corrected chi connectivity index (χ2v) is 23.3. The molecule has 0 bridgehead atoms. The van der Waals surface area contributed by atoms with E-state index in [-0.39, 0.29) is 65.9 Å².